The first-order valence-electron chi connectivity index (χ1n) is 9.60. The number of carbonyl (C=O) groups is 1. The summed E-state index contributed by atoms with van der Waals surface area (Å²) >= 11 is 1.75. The van der Waals surface area contributed by atoms with Gasteiger partial charge in [0.25, 0.3) is 5.91 Å². The lowest BCUT2D eigenvalue weighted by molar-refractivity contribution is 0.0955. The number of thioether (sulfide) groups is 1. The number of hydrogen-bond donors (Lipinski definition) is 3. The zero-order valence-corrected chi connectivity index (χ0v) is 18.0. The number of hydrogen-bond acceptors (Lipinski definition) is 3. The molecule has 0 aliphatic carbocycles. The summed E-state index contributed by atoms with van der Waals surface area (Å²) in [5.74, 6) is 0.709. The maximum Gasteiger partial charge on any atom is 0.251 e. The van der Waals surface area contributed by atoms with Crippen LogP contribution >= 0.6 is 11.8 Å². The van der Waals surface area contributed by atoms with Gasteiger partial charge < -0.3 is 16.0 Å². The summed E-state index contributed by atoms with van der Waals surface area (Å²) in [5.41, 5.74) is 4.18. The Hall–Kier alpha value is -2.47. The van der Waals surface area contributed by atoms with Crippen LogP contribution in [0, 0.1) is 6.92 Å². The largest absolute Gasteiger partial charge is 0.357 e. The Morgan fingerprint density at radius 1 is 1.04 bits per heavy atom. The summed E-state index contributed by atoms with van der Waals surface area (Å²) in [6.07, 6.45) is 2.10. The highest BCUT2D eigenvalue weighted by atomic mass is 32.2. The first-order valence-corrected chi connectivity index (χ1v) is 10.8. The number of rotatable bonds is 8. The van der Waals surface area contributed by atoms with Crippen LogP contribution in [0.2, 0.25) is 0 Å². The number of benzene rings is 2. The Kier molecular flexibility index (Phi) is 8.88. The van der Waals surface area contributed by atoms with E-state index in [-0.39, 0.29) is 5.91 Å². The summed E-state index contributed by atoms with van der Waals surface area (Å²) in [5, 5.41) is 9.51. The van der Waals surface area contributed by atoms with Gasteiger partial charge in [-0.1, -0.05) is 24.3 Å². The Balaban J connectivity index is 2.06. The summed E-state index contributed by atoms with van der Waals surface area (Å²) in [6, 6.07) is 14.1. The van der Waals surface area contributed by atoms with Crippen molar-refractivity contribution in [2.45, 2.75) is 38.8 Å². The molecule has 0 spiro atoms. The van der Waals surface area contributed by atoms with Gasteiger partial charge in [-0.2, -0.15) is 0 Å². The second-order valence-corrected chi connectivity index (χ2v) is 7.27. The first kappa shape index (κ1) is 21.8. The van der Waals surface area contributed by atoms with Gasteiger partial charge in [0, 0.05) is 30.1 Å². The summed E-state index contributed by atoms with van der Waals surface area (Å²) < 4.78 is 0. The van der Waals surface area contributed by atoms with E-state index < -0.39 is 0 Å². The molecular formula is C22H30N4OS. The van der Waals surface area contributed by atoms with Gasteiger partial charge in [0.05, 0.1) is 6.54 Å². The van der Waals surface area contributed by atoms with Crippen molar-refractivity contribution in [1.29, 1.82) is 0 Å². The molecule has 0 aliphatic rings. The van der Waals surface area contributed by atoms with Crippen LogP contribution in [0.15, 0.2) is 52.4 Å². The molecule has 150 valence electrons. The Morgan fingerprint density at radius 3 is 2.54 bits per heavy atom. The van der Waals surface area contributed by atoms with Crippen molar-refractivity contribution in [3.63, 3.8) is 0 Å². The van der Waals surface area contributed by atoms with Gasteiger partial charge in [0.15, 0.2) is 5.96 Å². The summed E-state index contributed by atoms with van der Waals surface area (Å²) in [7, 11) is 0. The smallest absolute Gasteiger partial charge is 0.251 e. The van der Waals surface area contributed by atoms with E-state index in [0.29, 0.717) is 25.2 Å². The van der Waals surface area contributed by atoms with Gasteiger partial charge in [-0.15, -0.1) is 11.8 Å². The van der Waals surface area contributed by atoms with Crippen molar-refractivity contribution in [3.05, 3.63) is 64.7 Å². The highest BCUT2D eigenvalue weighted by molar-refractivity contribution is 7.98. The fourth-order valence-electron chi connectivity index (χ4n) is 2.76. The average Bonchev–Trinajstić information content (AvgIpc) is 2.71. The van der Waals surface area contributed by atoms with Crippen LogP contribution in [0.25, 0.3) is 0 Å². The lowest BCUT2D eigenvalue weighted by atomic mass is 10.1. The van der Waals surface area contributed by atoms with Crippen molar-refractivity contribution >= 4 is 23.6 Å². The predicted molar refractivity (Wildman–Crippen MR) is 119 cm³/mol. The lowest BCUT2D eigenvalue weighted by Gasteiger charge is -2.14. The molecule has 0 aliphatic heterocycles. The fraction of sp³-hybridized carbons (Fsp3) is 0.364. The monoisotopic (exact) mass is 398 g/mol. The third-order valence-corrected chi connectivity index (χ3v) is 5.00. The van der Waals surface area contributed by atoms with Crippen LogP contribution in [0.5, 0.6) is 0 Å². The molecule has 0 saturated heterocycles. The maximum atomic E-state index is 12.0. The summed E-state index contributed by atoms with van der Waals surface area (Å²) in [6.45, 7) is 8.69. The Morgan fingerprint density at radius 2 is 1.82 bits per heavy atom. The molecule has 1 amide bonds. The standard InChI is InChI=1S/C22H30N4OS/c1-5-23-21(27)18-9-7-8-17(13-18)14-25-22(24-6-2)26-15-19-11-10-16(3)12-20(19)28-4/h7-13H,5-6,14-15H2,1-4H3,(H,23,27)(H2,24,25,26). The van der Waals surface area contributed by atoms with E-state index in [9.17, 15) is 4.79 Å². The van der Waals surface area contributed by atoms with Gasteiger partial charge in [-0.05, 0) is 61.9 Å². The van der Waals surface area contributed by atoms with Crippen LogP contribution in [0.3, 0.4) is 0 Å². The molecule has 0 saturated carbocycles. The molecule has 2 aromatic carbocycles. The average molecular weight is 399 g/mol. The molecule has 2 rings (SSSR count). The number of aryl methyl sites for hydroxylation is 1. The first-order chi connectivity index (χ1) is 13.6. The van der Waals surface area contributed by atoms with Crippen molar-refractivity contribution in [3.8, 4) is 0 Å². The Bertz CT molecular complexity index is 820. The highest BCUT2D eigenvalue weighted by Crippen LogP contribution is 2.21. The van der Waals surface area contributed by atoms with Crippen molar-refractivity contribution in [2.24, 2.45) is 4.99 Å². The van der Waals surface area contributed by atoms with E-state index in [1.165, 1.54) is 16.0 Å². The number of amides is 1. The molecule has 6 heteroatoms. The number of carbonyl (C=O) groups excluding carboxylic acids is 1. The van der Waals surface area contributed by atoms with Crippen LogP contribution < -0.4 is 16.0 Å². The van der Waals surface area contributed by atoms with Crippen LogP contribution in [-0.4, -0.2) is 31.2 Å². The SMILES string of the molecule is CCNC(=O)c1cccc(CN=C(NCC)NCc2ccc(C)cc2SC)c1. The zero-order valence-electron chi connectivity index (χ0n) is 17.1. The summed E-state index contributed by atoms with van der Waals surface area (Å²) in [4.78, 5) is 18.0. The molecule has 0 bridgehead atoms. The molecule has 0 aromatic heterocycles. The van der Waals surface area contributed by atoms with E-state index >= 15 is 0 Å². The minimum Gasteiger partial charge on any atom is -0.357 e. The topological polar surface area (TPSA) is 65.5 Å². The molecule has 28 heavy (non-hydrogen) atoms. The van der Waals surface area contributed by atoms with E-state index in [0.717, 1.165) is 18.1 Å². The quantitative estimate of drug-likeness (QED) is 0.360. The molecule has 2 aromatic rings. The molecule has 0 unspecified atom stereocenters. The minimum atomic E-state index is -0.0534. The van der Waals surface area contributed by atoms with E-state index in [1.807, 2.05) is 38.1 Å². The van der Waals surface area contributed by atoms with E-state index in [1.54, 1.807) is 11.8 Å². The normalized spacial score (nSPS) is 11.2. The minimum absolute atomic E-state index is 0.0534. The van der Waals surface area contributed by atoms with Gasteiger partial charge in [-0.25, -0.2) is 4.99 Å². The maximum absolute atomic E-state index is 12.0. The highest BCUT2D eigenvalue weighted by Gasteiger charge is 2.06. The number of aliphatic imine (C=N–C) groups is 1. The zero-order chi connectivity index (χ0) is 20.4. The van der Waals surface area contributed by atoms with Crippen LogP contribution in [-0.2, 0) is 13.1 Å². The van der Waals surface area contributed by atoms with Gasteiger partial charge in [-0.3, -0.25) is 4.79 Å². The molecule has 5 nitrogen and oxygen atoms in total. The molecular weight excluding hydrogens is 368 g/mol. The van der Waals surface area contributed by atoms with E-state index in [4.69, 9.17) is 0 Å². The Labute approximate surface area is 172 Å². The number of guanidine groups is 1. The van der Waals surface area contributed by atoms with Crippen molar-refractivity contribution in [2.75, 3.05) is 19.3 Å². The second-order valence-electron chi connectivity index (χ2n) is 6.42. The molecule has 0 heterocycles. The molecule has 0 atom stereocenters. The molecule has 3 N–H and O–H groups in total. The second kappa shape index (κ2) is 11.4. The third-order valence-electron chi connectivity index (χ3n) is 4.18. The van der Waals surface area contributed by atoms with Crippen molar-refractivity contribution < 1.29 is 4.79 Å². The van der Waals surface area contributed by atoms with Gasteiger partial charge >= 0.3 is 0 Å². The fourth-order valence-corrected chi connectivity index (χ4v) is 3.47. The van der Waals surface area contributed by atoms with E-state index in [2.05, 4.69) is 52.3 Å². The number of nitrogens with one attached hydrogen (secondary N) is 3. The predicted octanol–water partition coefficient (Wildman–Crippen LogP) is 3.72. The van der Waals surface area contributed by atoms with Crippen LogP contribution in [0.4, 0.5) is 0 Å². The van der Waals surface area contributed by atoms with Crippen LogP contribution in [0.1, 0.15) is 40.9 Å². The molecule has 0 radical (unpaired) electrons. The van der Waals surface area contributed by atoms with Gasteiger partial charge in [0.2, 0.25) is 0 Å². The number of nitrogens with zero attached hydrogens (tertiary/aromatic N) is 1. The lowest BCUT2D eigenvalue weighted by Crippen LogP contribution is -2.36. The van der Waals surface area contributed by atoms with Crippen molar-refractivity contribution in [1.82, 2.24) is 16.0 Å². The van der Waals surface area contributed by atoms with Gasteiger partial charge in [0.1, 0.15) is 0 Å². The third kappa shape index (κ3) is 6.60. The molecule has 0 fully saturated rings.